The summed E-state index contributed by atoms with van der Waals surface area (Å²) in [5, 5.41) is 9.90. The third-order valence-corrected chi connectivity index (χ3v) is 4.11. The fourth-order valence-electron chi connectivity index (χ4n) is 2.86. The van der Waals surface area contributed by atoms with E-state index in [1.165, 1.54) is 4.90 Å². The second-order valence-electron chi connectivity index (χ2n) is 7.36. The number of carbonyl (C=O) groups excluding carboxylic acids is 1. The highest BCUT2D eigenvalue weighted by Gasteiger charge is 2.42. The van der Waals surface area contributed by atoms with Crippen LogP contribution in [0.4, 0.5) is 4.79 Å². The van der Waals surface area contributed by atoms with Gasteiger partial charge < -0.3 is 14.6 Å². The van der Waals surface area contributed by atoms with Crippen molar-refractivity contribution in [2.45, 2.75) is 58.8 Å². The van der Waals surface area contributed by atoms with Crippen molar-refractivity contribution >= 4 is 23.7 Å². The normalized spacial score (nSPS) is 20.5. The number of rotatable bonds is 3. The van der Waals surface area contributed by atoms with Crippen LogP contribution in [-0.2, 0) is 9.53 Å². The molecular weight excluding hydrogens is 346 g/mol. The molecule has 138 valence electrons. The van der Waals surface area contributed by atoms with Crippen molar-refractivity contribution in [3.8, 4) is 5.75 Å². The molecule has 6 nitrogen and oxygen atoms in total. The van der Waals surface area contributed by atoms with Crippen LogP contribution in [0.5, 0.6) is 5.75 Å². The van der Waals surface area contributed by atoms with E-state index in [1.54, 1.807) is 26.8 Å². The van der Waals surface area contributed by atoms with Gasteiger partial charge >= 0.3 is 12.1 Å². The van der Waals surface area contributed by atoms with E-state index in [2.05, 4.69) is 0 Å². The van der Waals surface area contributed by atoms with Gasteiger partial charge in [-0.25, -0.2) is 9.59 Å². The number of carbonyl (C=O) groups is 2. The number of amides is 1. The molecule has 1 saturated heterocycles. The molecule has 1 aromatic rings. The maximum absolute atomic E-state index is 12.3. The maximum Gasteiger partial charge on any atom is 0.411 e. The van der Waals surface area contributed by atoms with Crippen molar-refractivity contribution in [2.24, 2.45) is 0 Å². The fourth-order valence-corrected chi connectivity index (χ4v) is 3.22. The Morgan fingerprint density at radius 1 is 1.28 bits per heavy atom. The quantitative estimate of drug-likeness (QED) is 0.877. The van der Waals surface area contributed by atoms with Gasteiger partial charge in [-0.1, -0.05) is 17.7 Å². The molecule has 2 rings (SSSR count). The van der Waals surface area contributed by atoms with E-state index in [-0.39, 0.29) is 13.0 Å². The number of aryl methyl sites for hydroxylation is 2. The molecule has 0 aromatic heterocycles. The van der Waals surface area contributed by atoms with Crippen LogP contribution in [0.15, 0.2) is 12.1 Å². The number of ether oxygens (including phenoxy) is 2. The molecule has 7 heteroatoms. The van der Waals surface area contributed by atoms with Crippen LogP contribution in [0, 0.1) is 13.8 Å². The van der Waals surface area contributed by atoms with Gasteiger partial charge in [0.25, 0.3) is 0 Å². The van der Waals surface area contributed by atoms with Crippen LogP contribution in [0.25, 0.3) is 0 Å². The summed E-state index contributed by atoms with van der Waals surface area (Å²) in [6.45, 7) is 9.16. The van der Waals surface area contributed by atoms with Crippen LogP contribution < -0.4 is 4.74 Å². The number of hydrogen-bond acceptors (Lipinski definition) is 4. The minimum atomic E-state index is -1.08. The lowest BCUT2D eigenvalue weighted by Crippen LogP contribution is -2.43. The van der Waals surface area contributed by atoms with Crippen molar-refractivity contribution in [3.63, 3.8) is 0 Å². The van der Waals surface area contributed by atoms with Crippen LogP contribution in [0.2, 0.25) is 5.02 Å². The third-order valence-electron chi connectivity index (χ3n) is 3.83. The van der Waals surface area contributed by atoms with Crippen molar-refractivity contribution in [1.29, 1.82) is 0 Å². The number of benzene rings is 1. The molecule has 1 aliphatic heterocycles. The van der Waals surface area contributed by atoms with E-state index in [1.807, 2.05) is 19.9 Å². The highest BCUT2D eigenvalue weighted by Crippen LogP contribution is 2.33. The van der Waals surface area contributed by atoms with E-state index in [0.29, 0.717) is 10.8 Å². The first kappa shape index (κ1) is 19.4. The van der Waals surface area contributed by atoms with Crippen LogP contribution in [0.1, 0.15) is 38.3 Å². The molecule has 1 fully saturated rings. The van der Waals surface area contributed by atoms with Gasteiger partial charge in [0.1, 0.15) is 23.5 Å². The Balaban J connectivity index is 2.17. The first-order valence-corrected chi connectivity index (χ1v) is 8.51. The van der Waals surface area contributed by atoms with E-state index < -0.39 is 29.8 Å². The number of carboxylic acids is 1. The SMILES string of the molecule is Cc1cc(C)c(OC2CC(C(=O)O)N(C(=O)OC(C)(C)C)C2)c(Cl)c1. The van der Waals surface area contributed by atoms with Gasteiger partial charge in [0.2, 0.25) is 0 Å². The number of likely N-dealkylation sites (tertiary alicyclic amines) is 1. The Labute approximate surface area is 152 Å². The molecule has 1 amide bonds. The van der Waals surface area contributed by atoms with Crippen molar-refractivity contribution in [2.75, 3.05) is 6.54 Å². The standard InChI is InChI=1S/C18H24ClNO5/c1-10-6-11(2)15(13(19)7-10)24-12-8-14(16(21)22)20(9-12)17(23)25-18(3,4)5/h6-7,12,14H,8-9H2,1-5H3,(H,21,22). The topological polar surface area (TPSA) is 76.1 Å². The van der Waals surface area contributed by atoms with Gasteiger partial charge in [-0.2, -0.15) is 0 Å². The Hall–Kier alpha value is -1.95. The molecule has 2 unspecified atom stereocenters. The summed E-state index contributed by atoms with van der Waals surface area (Å²) in [6, 6.07) is 2.75. The molecular formula is C18H24ClNO5. The summed E-state index contributed by atoms with van der Waals surface area (Å²) in [5.41, 5.74) is 1.18. The van der Waals surface area contributed by atoms with Gasteiger partial charge in [0.15, 0.2) is 0 Å². The summed E-state index contributed by atoms with van der Waals surface area (Å²) in [7, 11) is 0. The van der Waals surface area contributed by atoms with Crippen molar-refractivity contribution in [1.82, 2.24) is 4.90 Å². The number of hydrogen-bond donors (Lipinski definition) is 1. The van der Waals surface area contributed by atoms with Gasteiger partial charge in [-0.15, -0.1) is 0 Å². The highest BCUT2D eigenvalue weighted by molar-refractivity contribution is 6.32. The molecule has 1 N–H and O–H groups in total. The maximum atomic E-state index is 12.3. The summed E-state index contributed by atoms with van der Waals surface area (Å²) < 4.78 is 11.2. The molecule has 1 aromatic carbocycles. The lowest BCUT2D eigenvalue weighted by Gasteiger charge is -2.26. The molecule has 0 aliphatic carbocycles. The average Bonchev–Trinajstić information content (AvgIpc) is 2.85. The Kier molecular flexibility index (Phi) is 5.52. The molecule has 25 heavy (non-hydrogen) atoms. The molecule has 1 heterocycles. The zero-order valence-corrected chi connectivity index (χ0v) is 15.9. The van der Waals surface area contributed by atoms with Crippen LogP contribution in [-0.4, -0.2) is 46.4 Å². The lowest BCUT2D eigenvalue weighted by atomic mass is 10.1. The lowest BCUT2D eigenvalue weighted by molar-refractivity contribution is -0.142. The van der Waals surface area contributed by atoms with Gasteiger partial charge in [0, 0.05) is 6.42 Å². The van der Waals surface area contributed by atoms with E-state index in [9.17, 15) is 14.7 Å². The Morgan fingerprint density at radius 2 is 1.92 bits per heavy atom. The summed E-state index contributed by atoms with van der Waals surface area (Å²) in [4.78, 5) is 25.0. The minimum Gasteiger partial charge on any atom is -0.487 e. The minimum absolute atomic E-state index is 0.134. The zero-order chi connectivity index (χ0) is 18.9. The Bertz CT molecular complexity index is 660. The fraction of sp³-hybridized carbons (Fsp3) is 0.556. The van der Waals surface area contributed by atoms with Crippen molar-refractivity contribution < 1.29 is 24.2 Å². The van der Waals surface area contributed by atoms with Gasteiger partial charge in [-0.3, -0.25) is 4.90 Å². The average molecular weight is 370 g/mol. The van der Waals surface area contributed by atoms with E-state index in [0.717, 1.165) is 11.1 Å². The number of carboxylic acid groups (broad SMARTS) is 1. The third kappa shape index (κ3) is 4.78. The first-order valence-electron chi connectivity index (χ1n) is 8.14. The number of halogens is 1. The molecule has 0 bridgehead atoms. The van der Waals surface area contributed by atoms with Gasteiger partial charge in [0.05, 0.1) is 11.6 Å². The molecule has 0 radical (unpaired) electrons. The smallest absolute Gasteiger partial charge is 0.411 e. The Morgan fingerprint density at radius 3 is 2.44 bits per heavy atom. The van der Waals surface area contributed by atoms with Crippen LogP contribution in [0.3, 0.4) is 0 Å². The monoisotopic (exact) mass is 369 g/mol. The highest BCUT2D eigenvalue weighted by atomic mass is 35.5. The summed E-state index contributed by atoms with van der Waals surface area (Å²) >= 11 is 6.25. The molecule has 1 aliphatic rings. The first-order chi connectivity index (χ1) is 11.5. The van der Waals surface area contributed by atoms with E-state index >= 15 is 0 Å². The second-order valence-corrected chi connectivity index (χ2v) is 7.76. The van der Waals surface area contributed by atoms with E-state index in [4.69, 9.17) is 21.1 Å². The summed E-state index contributed by atoms with van der Waals surface area (Å²) in [6.07, 6.45) is -0.941. The largest absolute Gasteiger partial charge is 0.487 e. The molecule has 2 atom stereocenters. The summed E-state index contributed by atoms with van der Waals surface area (Å²) in [5.74, 6) is -0.559. The predicted molar refractivity (Wildman–Crippen MR) is 94.3 cm³/mol. The number of aliphatic carboxylic acids is 1. The molecule has 0 saturated carbocycles. The molecule has 0 spiro atoms. The van der Waals surface area contributed by atoms with Gasteiger partial charge in [-0.05, 0) is 51.8 Å². The second kappa shape index (κ2) is 7.12. The predicted octanol–water partition coefficient (Wildman–Crippen LogP) is 3.80. The van der Waals surface area contributed by atoms with Crippen LogP contribution >= 0.6 is 11.6 Å². The zero-order valence-electron chi connectivity index (χ0n) is 15.1. The van der Waals surface area contributed by atoms with Crippen molar-refractivity contribution in [3.05, 3.63) is 28.3 Å². The number of nitrogens with zero attached hydrogens (tertiary/aromatic N) is 1.